The summed E-state index contributed by atoms with van der Waals surface area (Å²) in [6.45, 7) is 12.4. The maximum absolute atomic E-state index is 12.9. The molecule has 1 saturated heterocycles. The number of ether oxygens (including phenoxy) is 3. The SMILES string of the molecule is CCCCN1CCC(Oc2ccc(C(=O)Nc3ncc(Oc4ccc(NC(=O)NC(CC)CC)cc4COCC)s3)cc2)CC1. The van der Waals surface area contributed by atoms with Crippen molar-refractivity contribution < 1.29 is 23.8 Å². The van der Waals surface area contributed by atoms with E-state index in [1.165, 1.54) is 30.7 Å². The van der Waals surface area contributed by atoms with Crippen LogP contribution in [0.5, 0.6) is 16.6 Å². The van der Waals surface area contributed by atoms with Gasteiger partial charge in [-0.2, -0.15) is 0 Å². The Balaban J connectivity index is 1.31. The average molecular weight is 638 g/mol. The molecule has 11 heteroatoms. The van der Waals surface area contributed by atoms with Crippen LogP contribution in [-0.2, 0) is 11.3 Å². The molecule has 4 rings (SSSR count). The third-order valence-corrected chi connectivity index (χ3v) is 8.59. The summed E-state index contributed by atoms with van der Waals surface area (Å²) in [5, 5.41) is 9.66. The van der Waals surface area contributed by atoms with Gasteiger partial charge in [-0.25, -0.2) is 9.78 Å². The zero-order valence-corrected chi connectivity index (χ0v) is 27.7. The van der Waals surface area contributed by atoms with Crippen LogP contribution in [0.25, 0.3) is 0 Å². The summed E-state index contributed by atoms with van der Waals surface area (Å²) >= 11 is 1.23. The molecule has 0 spiro atoms. The van der Waals surface area contributed by atoms with E-state index in [9.17, 15) is 9.59 Å². The zero-order valence-electron chi connectivity index (χ0n) is 26.9. The summed E-state index contributed by atoms with van der Waals surface area (Å²) in [4.78, 5) is 32.2. The van der Waals surface area contributed by atoms with E-state index in [4.69, 9.17) is 14.2 Å². The number of nitrogens with zero attached hydrogens (tertiary/aromatic N) is 2. The first-order chi connectivity index (χ1) is 21.9. The molecule has 3 amide bonds. The fraction of sp³-hybridized carbons (Fsp3) is 0.500. The molecule has 0 aliphatic carbocycles. The average Bonchev–Trinajstić information content (AvgIpc) is 3.49. The maximum atomic E-state index is 12.9. The Hall–Kier alpha value is -3.67. The van der Waals surface area contributed by atoms with Crippen molar-refractivity contribution in [3.63, 3.8) is 0 Å². The van der Waals surface area contributed by atoms with Crippen molar-refractivity contribution in [2.75, 3.05) is 36.9 Å². The van der Waals surface area contributed by atoms with Gasteiger partial charge < -0.3 is 29.7 Å². The van der Waals surface area contributed by atoms with Gasteiger partial charge in [0.25, 0.3) is 5.91 Å². The summed E-state index contributed by atoms with van der Waals surface area (Å²) in [6, 6.07) is 12.5. The molecular formula is C34H47N5O5S. The molecule has 1 aliphatic heterocycles. The van der Waals surface area contributed by atoms with Crippen LogP contribution in [0.1, 0.15) is 82.1 Å². The number of nitrogens with one attached hydrogen (secondary N) is 3. The summed E-state index contributed by atoms with van der Waals surface area (Å²) in [7, 11) is 0. The van der Waals surface area contributed by atoms with Crippen LogP contribution >= 0.6 is 11.3 Å². The van der Waals surface area contributed by atoms with Crippen molar-refractivity contribution >= 4 is 34.1 Å². The molecule has 45 heavy (non-hydrogen) atoms. The second-order valence-corrected chi connectivity index (χ2v) is 12.1. The van der Waals surface area contributed by atoms with Gasteiger partial charge in [0.15, 0.2) is 5.13 Å². The van der Waals surface area contributed by atoms with Crippen molar-refractivity contribution in [2.45, 2.75) is 85.0 Å². The Morgan fingerprint density at radius 3 is 2.47 bits per heavy atom. The molecule has 0 bridgehead atoms. The molecule has 3 aromatic rings. The highest BCUT2D eigenvalue weighted by atomic mass is 32.1. The van der Waals surface area contributed by atoms with E-state index in [1.807, 2.05) is 39.0 Å². The third-order valence-electron chi connectivity index (χ3n) is 7.80. The predicted molar refractivity (Wildman–Crippen MR) is 180 cm³/mol. The maximum Gasteiger partial charge on any atom is 0.319 e. The minimum Gasteiger partial charge on any atom is -0.490 e. The van der Waals surface area contributed by atoms with Gasteiger partial charge in [-0.05, 0) is 88.0 Å². The van der Waals surface area contributed by atoms with Crippen LogP contribution in [0.2, 0.25) is 0 Å². The molecule has 244 valence electrons. The van der Waals surface area contributed by atoms with Crippen molar-refractivity contribution in [1.29, 1.82) is 0 Å². The largest absolute Gasteiger partial charge is 0.490 e. The second kappa shape index (κ2) is 17.7. The molecule has 0 radical (unpaired) electrons. The standard InChI is InChI=1S/C34H47N5O5S/c1-5-9-18-39-19-16-29(17-20-39)43-28-13-10-24(11-14-28)32(40)38-34-35-22-31(45-34)44-30-15-12-27(21-25(30)23-42-8-4)37-33(41)36-26(6-2)7-3/h10-15,21-22,26,29H,5-9,16-20,23H2,1-4H3,(H,35,38,40)(H2,36,37,41). The highest BCUT2D eigenvalue weighted by Crippen LogP contribution is 2.34. The lowest BCUT2D eigenvalue weighted by atomic mass is 10.1. The molecule has 1 aliphatic rings. The Bertz CT molecular complexity index is 1350. The molecule has 2 aromatic carbocycles. The van der Waals surface area contributed by atoms with E-state index in [0.29, 0.717) is 40.4 Å². The third kappa shape index (κ3) is 10.7. The van der Waals surface area contributed by atoms with Crippen molar-refractivity contribution in [1.82, 2.24) is 15.2 Å². The number of likely N-dealkylation sites (tertiary alicyclic amines) is 1. The summed E-state index contributed by atoms with van der Waals surface area (Å²) < 4.78 is 18.0. The number of unbranched alkanes of at least 4 members (excludes halogenated alkanes) is 1. The Labute approximate surface area is 270 Å². The minimum absolute atomic E-state index is 0.123. The van der Waals surface area contributed by atoms with Crippen LogP contribution in [0.4, 0.5) is 15.6 Å². The van der Waals surface area contributed by atoms with Crippen molar-refractivity contribution in [3.05, 3.63) is 59.8 Å². The van der Waals surface area contributed by atoms with Crippen LogP contribution in [-0.4, -0.2) is 60.2 Å². The Kier molecular flexibility index (Phi) is 13.5. The number of aromatic nitrogens is 1. The smallest absolute Gasteiger partial charge is 0.319 e. The van der Waals surface area contributed by atoms with Gasteiger partial charge in [0.05, 0.1) is 12.8 Å². The highest BCUT2D eigenvalue weighted by molar-refractivity contribution is 7.17. The number of hydrogen-bond donors (Lipinski definition) is 3. The van der Waals surface area contributed by atoms with E-state index < -0.39 is 0 Å². The minimum atomic E-state index is -0.259. The molecule has 0 unspecified atom stereocenters. The van der Waals surface area contributed by atoms with E-state index in [-0.39, 0.29) is 24.1 Å². The van der Waals surface area contributed by atoms with Gasteiger partial charge in [0, 0.05) is 42.6 Å². The van der Waals surface area contributed by atoms with Gasteiger partial charge in [0.2, 0.25) is 5.06 Å². The summed E-state index contributed by atoms with van der Waals surface area (Å²) in [5.74, 6) is 1.10. The van der Waals surface area contributed by atoms with Crippen LogP contribution in [0.15, 0.2) is 48.7 Å². The Morgan fingerprint density at radius 2 is 1.78 bits per heavy atom. The number of carbonyl (C=O) groups excluding carboxylic acids is 2. The molecule has 0 atom stereocenters. The first-order valence-electron chi connectivity index (χ1n) is 16.1. The van der Waals surface area contributed by atoms with Gasteiger partial charge in [-0.15, -0.1) is 0 Å². The topological polar surface area (TPSA) is 114 Å². The predicted octanol–water partition coefficient (Wildman–Crippen LogP) is 7.68. The lowest BCUT2D eigenvalue weighted by Gasteiger charge is -2.32. The lowest BCUT2D eigenvalue weighted by molar-refractivity contribution is 0.0996. The molecule has 1 aromatic heterocycles. The fourth-order valence-corrected chi connectivity index (χ4v) is 5.76. The van der Waals surface area contributed by atoms with E-state index in [2.05, 4.69) is 32.8 Å². The number of piperidine rings is 1. The number of urea groups is 1. The normalized spacial score (nSPS) is 13.9. The molecule has 10 nitrogen and oxygen atoms in total. The van der Waals surface area contributed by atoms with Crippen molar-refractivity contribution in [2.24, 2.45) is 0 Å². The Morgan fingerprint density at radius 1 is 1.02 bits per heavy atom. The first-order valence-corrected chi connectivity index (χ1v) is 16.9. The lowest BCUT2D eigenvalue weighted by Crippen LogP contribution is -2.38. The number of anilines is 2. The number of benzene rings is 2. The van der Waals surface area contributed by atoms with Crippen LogP contribution in [0.3, 0.4) is 0 Å². The highest BCUT2D eigenvalue weighted by Gasteiger charge is 2.20. The van der Waals surface area contributed by atoms with Crippen molar-refractivity contribution in [3.8, 4) is 16.6 Å². The van der Waals surface area contributed by atoms with E-state index in [1.54, 1.807) is 30.5 Å². The summed E-state index contributed by atoms with van der Waals surface area (Å²) in [5.41, 5.74) is 1.94. The molecule has 3 N–H and O–H groups in total. The number of carbonyl (C=O) groups is 2. The number of thiazole rings is 1. The fourth-order valence-electron chi connectivity index (χ4n) is 5.08. The van der Waals surface area contributed by atoms with Crippen LogP contribution in [0, 0.1) is 0 Å². The first kappa shape index (κ1) is 34.2. The van der Waals surface area contributed by atoms with Gasteiger partial charge in [-0.1, -0.05) is 38.5 Å². The number of amides is 3. The number of hydrogen-bond acceptors (Lipinski definition) is 8. The van der Waals surface area contributed by atoms with Gasteiger partial charge in [-0.3, -0.25) is 10.1 Å². The van der Waals surface area contributed by atoms with Crippen LogP contribution < -0.4 is 25.4 Å². The second-order valence-electron chi connectivity index (χ2n) is 11.1. The van der Waals surface area contributed by atoms with E-state index in [0.717, 1.165) is 50.1 Å². The quantitative estimate of drug-likeness (QED) is 0.148. The molecular weight excluding hydrogens is 590 g/mol. The summed E-state index contributed by atoms with van der Waals surface area (Å²) in [6.07, 6.45) is 8.01. The zero-order chi connectivity index (χ0) is 32.0. The van der Waals surface area contributed by atoms with Gasteiger partial charge >= 0.3 is 6.03 Å². The van der Waals surface area contributed by atoms with E-state index >= 15 is 0 Å². The molecule has 2 heterocycles. The monoisotopic (exact) mass is 637 g/mol. The van der Waals surface area contributed by atoms with Gasteiger partial charge in [0.1, 0.15) is 17.6 Å². The number of rotatable bonds is 16. The molecule has 0 saturated carbocycles. The molecule has 1 fully saturated rings.